The number of carbonyl (C=O) groups excluding carboxylic acids is 1. The van der Waals surface area contributed by atoms with E-state index in [1.54, 1.807) is 37.2 Å². The molecule has 2 saturated heterocycles. The lowest BCUT2D eigenvalue weighted by atomic mass is 9.96. The van der Waals surface area contributed by atoms with Crippen LogP contribution in [0.25, 0.3) is 22.5 Å². The molecule has 8 rings (SSSR count). The van der Waals surface area contributed by atoms with Crippen LogP contribution in [0.4, 0.5) is 11.4 Å². The number of rotatable bonds is 8. The molecule has 0 spiro atoms. The third kappa shape index (κ3) is 6.24. The minimum atomic E-state index is -0.339. The average molecular weight is 691 g/mol. The van der Waals surface area contributed by atoms with Crippen molar-refractivity contribution in [1.82, 2.24) is 51.0 Å². The molecule has 2 aliphatic heterocycles. The number of aromatic nitrogens is 8. The van der Waals surface area contributed by atoms with Crippen LogP contribution in [0.3, 0.4) is 0 Å². The predicted molar refractivity (Wildman–Crippen MR) is 198 cm³/mol. The molecule has 13 nitrogen and oxygen atoms in total. The van der Waals surface area contributed by atoms with E-state index in [-0.39, 0.29) is 29.3 Å². The van der Waals surface area contributed by atoms with Gasteiger partial charge in [-0.15, -0.1) is 20.4 Å². The fourth-order valence-corrected chi connectivity index (χ4v) is 7.29. The highest BCUT2D eigenvalue weighted by Crippen LogP contribution is 2.41. The maximum Gasteiger partial charge on any atom is 0.234 e. The molecule has 2 fully saturated rings. The number of hydrogen-bond acceptors (Lipinski definition) is 13. The van der Waals surface area contributed by atoms with Crippen LogP contribution in [0.15, 0.2) is 97.8 Å². The number of ketones is 1. The first-order valence-corrected chi connectivity index (χ1v) is 17.5. The molecule has 2 N–H and O–H groups in total. The van der Waals surface area contributed by atoms with E-state index >= 15 is 0 Å². The fraction of sp³-hybridized carbons (Fsp3) is 0.256. The van der Waals surface area contributed by atoms with Crippen molar-refractivity contribution >= 4 is 17.2 Å². The van der Waals surface area contributed by atoms with Crippen LogP contribution in [0.1, 0.15) is 50.8 Å². The minimum Gasteiger partial charge on any atom is -0.358 e. The van der Waals surface area contributed by atoms with Gasteiger partial charge in [0.25, 0.3) is 0 Å². The highest BCUT2D eigenvalue weighted by atomic mass is 16.1. The summed E-state index contributed by atoms with van der Waals surface area (Å²) in [6.45, 7) is 8.05. The molecule has 4 aromatic heterocycles. The van der Waals surface area contributed by atoms with E-state index in [0.29, 0.717) is 48.7 Å². The van der Waals surface area contributed by atoms with Crippen LogP contribution in [0, 0.1) is 13.8 Å². The highest BCUT2D eigenvalue weighted by Gasteiger charge is 2.35. The number of hydrogen-bond donors (Lipinski definition) is 2. The molecule has 0 saturated carbocycles. The van der Waals surface area contributed by atoms with Gasteiger partial charge in [0.15, 0.2) is 0 Å². The van der Waals surface area contributed by atoms with E-state index in [4.69, 9.17) is 10.2 Å². The third-order valence-corrected chi connectivity index (χ3v) is 9.80. The van der Waals surface area contributed by atoms with Crippen LogP contribution in [0.2, 0.25) is 0 Å². The number of nitrogens with one attached hydrogen (secondary N) is 2. The summed E-state index contributed by atoms with van der Waals surface area (Å²) >= 11 is 0. The van der Waals surface area contributed by atoms with Crippen LogP contribution in [0.5, 0.6) is 0 Å². The first-order valence-electron chi connectivity index (χ1n) is 17.5. The van der Waals surface area contributed by atoms with Gasteiger partial charge in [-0.25, -0.2) is 0 Å². The Morgan fingerprint density at radius 2 is 1.06 bits per heavy atom. The van der Waals surface area contributed by atoms with Crippen molar-refractivity contribution < 1.29 is 4.79 Å². The van der Waals surface area contributed by atoms with Crippen molar-refractivity contribution in [2.75, 3.05) is 49.1 Å². The van der Waals surface area contributed by atoms with E-state index in [9.17, 15) is 4.79 Å². The molecule has 0 amide bonds. The summed E-state index contributed by atoms with van der Waals surface area (Å²) in [5.41, 5.74) is 8.40. The Kier molecular flexibility index (Phi) is 9.34. The molecule has 260 valence electrons. The van der Waals surface area contributed by atoms with Crippen LogP contribution >= 0.6 is 0 Å². The average Bonchev–Trinajstić information content (AvgIpc) is 3.21. The molecular formula is C39H38N12O. The van der Waals surface area contributed by atoms with Gasteiger partial charge in [0.1, 0.15) is 22.8 Å². The van der Waals surface area contributed by atoms with Gasteiger partial charge in [-0.1, -0.05) is 60.7 Å². The first-order chi connectivity index (χ1) is 25.6. The molecule has 52 heavy (non-hydrogen) atoms. The smallest absolute Gasteiger partial charge is 0.234 e. The lowest BCUT2D eigenvalue weighted by Crippen LogP contribution is -2.47. The zero-order valence-corrected chi connectivity index (χ0v) is 29.0. The second-order valence-corrected chi connectivity index (χ2v) is 12.9. The summed E-state index contributed by atoms with van der Waals surface area (Å²) in [6.07, 6.45) is 10.3. The zero-order chi connectivity index (χ0) is 35.4. The van der Waals surface area contributed by atoms with Crippen molar-refractivity contribution in [3.05, 3.63) is 132 Å². The largest absolute Gasteiger partial charge is 0.358 e. The molecular weight excluding hydrogens is 653 g/mol. The molecule has 6 aromatic rings. The van der Waals surface area contributed by atoms with E-state index in [0.717, 1.165) is 47.0 Å². The van der Waals surface area contributed by atoms with Crippen molar-refractivity contribution in [3.8, 4) is 22.5 Å². The van der Waals surface area contributed by atoms with E-state index in [1.807, 2.05) is 74.5 Å². The van der Waals surface area contributed by atoms with Crippen LogP contribution in [-0.4, -0.2) is 85.4 Å². The van der Waals surface area contributed by atoms with Gasteiger partial charge in [0.2, 0.25) is 5.78 Å². The van der Waals surface area contributed by atoms with Crippen molar-refractivity contribution in [2.24, 2.45) is 0 Å². The van der Waals surface area contributed by atoms with Gasteiger partial charge in [-0.3, -0.25) is 24.7 Å². The van der Waals surface area contributed by atoms with Crippen molar-refractivity contribution in [3.63, 3.8) is 0 Å². The molecule has 2 unspecified atom stereocenters. The summed E-state index contributed by atoms with van der Waals surface area (Å²) in [6, 6.07) is 19.6. The molecule has 0 aliphatic carbocycles. The fourth-order valence-electron chi connectivity index (χ4n) is 7.29. The van der Waals surface area contributed by atoms with Gasteiger partial charge < -0.3 is 20.4 Å². The lowest BCUT2D eigenvalue weighted by Gasteiger charge is -2.39. The summed E-state index contributed by atoms with van der Waals surface area (Å²) < 4.78 is 0. The number of carbonyl (C=O) groups is 1. The highest BCUT2D eigenvalue weighted by molar-refractivity contribution is 6.10. The van der Waals surface area contributed by atoms with E-state index in [2.05, 4.69) is 50.6 Å². The van der Waals surface area contributed by atoms with Gasteiger partial charge >= 0.3 is 0 Å². The van der Waals surface area contributed by atoms with Gasteiger partial charge in [0, 0.05) is 86.3 Å². The quantitative estimate of drug-likeness (QED) is 0.218. The minimum absolute atomic E-state index is 0.139. The Bertz CT molecular complexity index is 2020. The SMILES string of the molecule is Cc1c(C(=O)c2nnc(-c3ccccc3)c(N3CCNCC3c3cnccn3)c2C)nnc(-c2ccccc2)c1N1CCNCC1c1cnccn1. The van der Waals surface area contributed by atoms with Crippen molar-refractivity contribution in [2.45, 2.75) is 25.9 Å². The Morgan fingerprint density at radius 1 is 0.615 bits per heavy atom. The van der Waals surface area contributed by atoms with Gasteiger partial charge in [-0.2, -0.15) is 0 Å². The topological polar surface area (TPSA) is 151 Å². The van der Waals surface area contributed by atoms with Crippen molar-refractivity contribution in [1.29, 1.82) is 0 Å². The second-order valence-electron chi connectivity index (χ2n) is 12.9. The van der Waals surface area contributed by atoms with E-state index in [1.165, 1.54) is 0 Å². The molecule has 2 aromatic carbocycles. The second kappa shape index (κ2) is 14.7. The lowest BCUT2D eigenvalue weighted by molar-refractivity contribution is 0.102. The monoisotopic (exact) mass is 690 g/mol. The van der Waals surface area contributed by atoms with E-state index < -0.39 is 0 Å². The maximum atomic E-state index is 14.8. The maximum absolute atomic E-state index is 14.8. The summed E-state index contributed by atoms with van der Waals surface area (Å²) in [5.74, 6) is -0.339. The normalized spacial score (nSPS) is 17.6. The van der Waals surface area contributed by atoms with Gasteiger partial charge in [-0.05, 0) is 13.8 Å². The summed E-state index contributed by atoms with van der Waals surface area (Å²) in [7, 11) is 0. The molecule has 0 bridgehead atoms. The molecule has 13 heteroatoms. The predicted octanol–water partition coefficient (Wildman–Crippen LogP) is 4.33. The zero-order valence-electron chi connectivity index (χ0n) is 29.0. The standard InChI is InChI=1S/C39H38N12O/c1-25-33(46-48-35(27-9-5-3-6-10-27)37(25)50-19-17-42-23-31(50)29-21-40-13-15-44-29)39(52)34-26(2)38(36(49-47-34)28-11-7-4-8-12-28)51-20-18-43-24-32(51)30-22-41-14-16-45-30/h3-16,21-22,31-32,42-43H,17-20,23-24H2,1-2H3. The molecule has 2 atom stereocenters. The Hall–Kier alpha value is -6.05. The molecule has 0 radical (unpaired) electrons. The summed E-state index contributed by atoms with van der Waals surface area (Å²) in [4.78, 5) is 37.4. The number of piperazine rings is 2. The Balaban J connectivity index is 1.28. The number of benzene rings is 2. The first kappa shape index (κ1) is 33.1. The third-order valence-electron chi connectivity index (χ3n) is 9.80. The number of anilines is 2. The van der Waals surface area contributed by atoms with Gasteiger partial charge in [0.05, 0.1) is 47.2 Å². The van der Waals surface area contributed by atoms with Crippen LogP contribution in [-0.2, 0) is 0 Å². The number of nitrogens with zero attached hydrogens (tertiary/aromatic N) is 10. The Morgan fingerprint density at radius 3 is 1.46 bits per heavy atom. The summed E-state index contributed by atoms with van der Waals surface area (Å²) in [5, 5.41) is 25.8. The Labute approximate surface area is 301 Å². The van der Waals surface area contributed by atoms with Crippen LogP contribution < -0.4 is 20.4 Å². The molecule has 6 heterocycles. The molecule has 2 aliphatic rings.